The minimum atomic E-state index is 0.147. The van der Waals surface area contributed by atoms with Gasteiger partial charge < -0.3 is 9.64 Å². The van der Waals surface area contributed by atoms with Crippen molar-refractivity contribution in [3.05, 3.63) is 60.4 Å². The zero-order valence-corrected chi connectivity index (χ0v) is 15.0. The summed E-state index contributed by atoms with van der Waals surface area (Å²) in [7, 11) is 1.91. The average molecular weight is 349 g/mol. The summed E-state index contributed by atoms with van der Waals surface area (Å²) < 4.78 is 7.72. The van der Waals surface area contributed by atoms with Crippen LogP contribution in [-0.2, 0) is 11.8 Å². The highest BCUT2D eigenvalue weighted by atomic mass is 16.5. The minimum absolute atomic E-state index is 0.147. The van der Waals surface area contributed by atoms with E-state index < -0.39 is 0 Å². The zero-order chi connectivity index (χ0) is 17.9. The van der Waals surface area contributed by atoms with Gasteiger partial charge in [0.2, 0.25) is 5.91 Å². The molecule has 1 aliphatic rings. The molecule has 1 aromatic heterocycles. The van der Waals surface area contributed by atoms with Gasteiger partial charge in [0.1, 0.15) is 5.75 Å². The first kappa shape index (κ1) is 16.6. The van der Waals surface area contributed by atoms with Gasteiger partial charge in [-0.15, -0.1) is 0 Å². The van der Waals surface area contributed by atoms with Crippen molar-refractivity contribution in [1.29, 1.82) is 0 Å². The molecule has 2 aromatic carbocycles. The van der Waals surface area contributed by atoms with E-state index in [1.807, 2.05) is 54.7 Å². The Morgan fingerprint density at radius 3 is 2.92 bits per heavy atom. The summed E-state index contributed by atoms with van der Waals surface area (Å²) in [6.07, 6.45) is 6.29. The number of amides is 1. The third kappa shape index (κ3) is 3.29. The first-order chi connectivity index (χ1) is 12.7. The van der Waals surface area contributed by atoms with Crippen molar-refractivity contribution in [2.75, 3.05) is 13.2 Å². The highest BCUT2D eigenvalue weighted by molar-refractivity contribution is 5.88. The Morgan fingerprint density at radius 1 is 1.23 bits per heavy atom. The van der Waals surface area contributed by atoms with E-state index in [2.05, 4.69) is 17.2 Å². The second kappa shape index (κ2) is 7.20. The lowest BCUT2D eigenvalue weighted by atomic mass is 10.1. The van der Waals surface area contributed by atoms with Crippen molar-refractivity contribution in [3.63, 3.8) is 0 Å². The molecule has 26 heavy (non-hydrogen) atoms. The van der Waals surface area contributed by atoms with Crippen LogP contribution in [-0.4, -0.2) is 33.7 Å². The van der Waals surface area contributed by atoms with E-state index >= 15 is 0 Å². The molecule has 5 heteroatoms. The molecule has 4 rings (SSSR count). The van der Waals surface area contributed by atoms with Crippen LogP contribution < -0.4 is 4.74 Å². The van der Waals surface area contributed by atoms with E-state index in [1.165, 1.54) is 0 Å². The van der Waals surface area contributed by atoms with Crippen molar-refractivity contribution in [2.24, 2.45) is 7.05 Å². The number of aryl methyl sites for hydroxylation is 1. The standard InChI is InChI=1S/C21H23N3O2/c1-23-15-17(14-22-23)19-9-5-12-24(19)21(25)11-13-26-20-10-4-7-16-6-2-3-8-18(16)20/h2-4,6-8,10,14-15,19H,5,9,11-13H2,1H3/t19-/m0/s1. The molecule has 0 saturated carbocycles. The van der Waals surface area contributed by atoms with Gasteiger partial charge in [0, 0.05) is 30.7 Å². The van der Waals surface area contributed by atoms with Crippen molar-refractivity contribution >= 4 is 16.7 Å². The predicted octanol–water partition coefficient (Wildman–Crippen LogP) is 3.71. The topological polar surface area (TPSA) is 47.4 Å². The lowest BCUT2D eigenvalue weighted by Crippen LogP contribution is -2.31. The summed E-state index contributed by atoms with van der Waals surface area (Å²) >= 11 is 0. The number of carbonyl (C=O) groups excluding carboxylic acids is 1. The van der Waals surface area contributed by atoms with Crippen LogP contribution in [0.5, 0.6) is 5.75 Å². The molecule has 0 spiro atoms. The molecular formula is C21H23N3O2. The predicted molar refractivity (Wildman–Crippen MR) is 101 cm³/mol. The van der Waals surface area contributed by atoms with Crippen LogP contribution in [0.3, 0.4) is 0 Å². The molecule has 1 saturated heterocycles. The largest absolute Gasteiger partial charge is 0.492 e. The molecule has 1 amide bonds. The van der Waals surface area contributed by atoms with Crippen molar-refractivity contribution in [2.45, 2.75) is 25.3 Å². The van der Waals surface area contributed by atoms with Gasteiger partial charge >= 0.3 is 0 Å². The summed E-state index contributed by atoms with van der Waals surface area (Å²) in [4.78, 5) is 14.7. The monoisotopic (exact) mass is 349 g/mol. The highest BCUT2D eigenvalue weighted by Gasteiger charge is 2.30. The van der Waals surface area contributed by atoms with Crippen molar-refractivity contribution in [3.8, 4) is 5.75 Å². The van der Waals surface area contributed by atoms with Crippen molar-refractivity contribution in [1.82, 2.24) is 14.7 Å². The molecule has 0 aliphatic carbocycles. The summed E-state index contributed by atoms with van der Waals surface area (Å²) in [5.74, 6) is 0.984. The van der Waals surface area contributed by atoms with Gasteiger partial charge in [-0.3, -0.25) is 9.48 Å². The molecule has 5 nitrogen and oxygen atoms in total. The van der Waals surface area contributed by atoms with Gasteiger partial charge in [-0.1, -0.05) is 36.4 Å². The van der Waals surface area contributed by atoms with Gasteiger partial charge in [0.15, 0.2) is 0 Å². The molecule has 1 atom stereocenters. The van der Waals surface area contributed by atoms with E-state index in [-0.39, 0.29) is 11.9 Å². The lowest BCUT2D eigenvalue weighted by molar-refractivity contribution is -0.132. The second-order valence-corrected chi connectivity index (χ2v) is 6.77. The fraction of sp³-hybridized carbons (Fsp3) is 0.333. The van der Waals surface area contributed by atoms with Gasteiger partial charge in [-0.2, -0.15) is 5.10 Å². The smallest absolute Gasteiger partial charge is 0.226 e. The van der Waals surface area contributed by atoms with E-state index in [9.17, 15) is 4.79 Å². The normalized spacial score (nSPS) is 17.0. The minimum Gasteiger partial charge on any atom is -0.492 e. The van der Waals surface area contributed by atoms with Gasteiger partial charge in [0.25, 0.3) is 0 Å². The number of hydrogen-bond donors (Lipinski definition) is 0. The van der Waals surface area contributed by atoms with Crippen LogP contribution in [0.4, 0.5) is 0 Å². The third-order valence-electron chi connectivity index (χ3n) is 5.01. The summed E-state index contributed by atoms with van der Waals surface area (Å²) in [5, 5.41) is 6.47. The van der Waals surface area contributed by atoms with E-state index in [0.717, 1.165) is 41.5 Å². The molecule has 2 heterocycles. The Bertz CT molecular complexity index is 913. The Balaban J connectivity index is 1.39. The highest BCUT2D eigenvalue weighted by Crippen LogP contribution is 2.32. The molecule has 0 radical (unpaired) electrons. The van der Waals surface area contributed by atoms with Gasteiger partial charge in [0.05, 0.1) is 25.3 Å². The summed E-state index contributed by atoms with van der Waals surface area (Å²) in [6, 6.07) is 14.3. The van der Waals surface area contributed by atoms with Crippen molar-refractivity contribution < 1.29 is 9.53 Å². The van der Waals surface area contributed by atoms with Crippen LogP contribution in [0.1, 0.15) is 30.9 Å². The van der Waals surface area contributed by atoms with Crippen LogP contribution in [0.25, 0.3) is 10.8 Å². The fourth-order valence-electron chi connectivity index (χ4n) is 3.74. The maximum Gasteiger partial charge on any atom is 0.226 e. The van der Waals surface area contributed by atoms with Crippen LogP contribution in [0, 0.1) is 0 Å². The summed E-state index contributed by atoms with van der Waals surface area (Å²) in [6.45, 7) is 1.20. The van der Waals surface area contributed by atoms with E-state index in [4.69, 9.17) is 4.74 Å². The first-order valence-electron chi connectivity index (χ1n) is 9.11. The van der Waals surface area contributed by atoms with Crippen LogP contribution >= 0.6 is 0 Å². The van der Waals surface area contributed by atoms with Gasteiger partial charge in [-0.25, -0.2) is 0 Å². The molecule has 0 bridgehead atoms. The number of likely N-dealkylation sites (tertiary alicyclic amines) is 1. The second-order valence-electron chi connectivity index (χ2n) is 6.77. The van der Waals surface area contributed by atoms with Gasteiger partial charge in [-0.05, 0) is 24.3 Å². The van der Waals surface area contributed by atoms with Crippen LogP contribution in [0.2, 0.25) is 0 Å². The number of benzene rings is 2. The maximum absolute atomic E-state index is 12.7. The van der Waals surface area contributed by atoms with Crippen LogP contribution in [0.15, 0.2) is 54.9 Å². The molecule has 0 unspecified atom stereocenters. The number of ether oxygens (including phenoxy) is 1. The molecule has 3 aromatic rings. The Labute approximate surface area is 153 Å². The van der Waals surface area contributed by atoms with E-state index in [1.54, 1.807) is 4.68 Å². The Kier molecular flexibility index (Phi) is 4.61. The molecule has 1 fully saturated rings. The number of carbonyl (C=O) groups is 1. The SMILES string of the molecule is Cn1cc([C@@H]2CCCN2C(=O)CCOc2cccc3ccccc23)cn1. The number of fused-ring (bicyclic) bond motifs is 1. The fourth-order valence-corrected chi connectivity index (χ4v) is 3.74. The Morgan fingerprint density at radius 2 is 2.08 bits per heavy atom. The molecule has 134 valence electrons. The number of nitrogens with zero attached hydrogens (tertiary/aromatic N) is 3. The zero-order valence-electron chi connectivity index (χ0n) is 15.0. The average Bonchev–Trinajstić information content (AvgIpc) is 3.30. The quantitative estimate of drug-likeness (QED) is 0.705. The first-order valence-corrected chi connectivity index (χ1v) is 9.11. The maximum atomic E-state index is 12.7. The summed E-state index contributed by atoms with van der Waals surface area (Å²) in [5.41, 5.74) is 1.12. The number of hydrogen-bond acceptors (Lipinski definition) is 3. The molecule has 1 aliphatic heterocycles. The number of aromatic nitrogens is 2. The third-order valence-corrected chi connectivity index (χ3v) is 5.01. The molecule has 0 N–H and O–H groups in total. The lowest BCUT2D eigenvalue weighted by Gasteiger charge is -2.24. The Hall–Kier alpha value is -2.82. The number of rotatable bonds is 5. The molecular weight excluding hydrogens is 326 g/mol. The van der Waals surface area contributed by atoms with E-state index in [0.29, 0.717) is 13.0 Å².